The Morgan fingerprint density at radius 2 is 2.38 bits per heavy atom. The van der Waals surface area contributed by atoms with E-state index in [4.69, 9.17) is 16.0 Å². The smallest absolute Gasteiger partial charge is 0.239 e. The lowest BCUT2D eigenvalue weighted by Gasteiger charge is -2.27. The fraction of sp³-hybridized carbons (Fsp3) is 0.889. The second kappa shape index (κ2) is 7.92. The second-order valence-corrected chi connectivity index (χ2v) is 3.57. The third-order valence-corrected chi connectivity index (χ3v) is 2.15. The van der Waals surface area contributed by atoms with Gasteiger partial charge in [-0.25, -0.2) is 0 Å². The third kappa shape index (κ3) is 5.55. The first-order valence-corrected chi connectivity index (χ1v) is 5.20. The van der Waals surface area contributed by atoms with E-state index in [0.717, 1.165) is 0 Å². The van der Waals surface area contributed by atoms with Crippen molar-refractivity contribution < 1.29 is 9.53 Å². The van der Waals surface area contributed by atoms with Crippen molar-refractivity contribution >= 4 is 5.91 Å². The summed E-state index contributed by atoms with van der Waals surface area (Å²) >= 11 is 0. The summed E-state index contributed by atoms with van der Waals surface area (Å²) in [5.74, 6) is -0.454. The van der Waals surface area contributed by atoms with Crippen LogP contribution >= 0.6 is 0 Å². The Hall–Kier alpha value is -1.30. The highest BCUT2D eigenvalue weighted by Crippen LogP contribution is 2.03. The molecule has 0 spiro atoms. The molecule has 7 nitrogen and oxygen atoms in total. The zero-order chi connectivity index (χ0) is 12.4. The zero-order valence-corrected chi connectivity index (χ0v) is 9.77. The van der Waals surface area contributed by atoms with Gasteiger partial charge in [0.15, 0.2) is 0 Å². The van der Waals surface area contributed by atoms with Gasteiger partial charge in [-0.2, -0.15) is 0 Å². The molecule has 0 aliphatic heterocycles. The summed E-state index contributed by atoms with van der Waals surface area (Å²) in [5, 5.41) is 6.40. The van der Waals surface area contributed by atoms with E-state index in [9.17, 15) is 4.79 Å². The largest absolute Gasteiger partial charge is 0.379 e. The number of hydrogen-bond acceptors (Lipinski definition) is 4. The van der Waals surface area contributed by atoms with Crippen molar-refractivity contribution in [3.63, 3.8) is 0 Å². The molecule has 1 unspecified atom stereocenters. The van der Waals surface area contributed by atoms with Crippen molar-refractivity contribution in [2.75, 3.05) is 26.3 Å². The van der Waals surface area contributed by atoms with Crippen LogP contribution in [-0.4, -0.2) is 37.7 Å². The van der Waals surface area contributed by atoms with E-state index in [1.807, 2.05) is 6.92 Å². The van der Waals surface area contributed by atoms with E-state index in [-0.39, 0.29) is 6.61 Å². The molecule has 0 saturated carbocycles. The van der Waals surface area contributed by atoms with Gasteiger partial charge in [0.05, 0.1) is 6.61 Å². The van der Waals surface area contributed by atoms with E-state index in [1.54, 1.807) is 6.92 Å². The van der Waals surface area contributed by atoms with E-state index >= 15 is 0 Å². The molecule has 92 valence electrons. The maximum absolute atomic E-state index is 11.2. The van der Waals surface area contributed by atoms with E-state index < -0.39 is 11.4 Å². The summed E-state index contributed by atoms with van der Waals surface area (Å²) in [7, 11) is 0. The maximum atomic E-state index is 11.2. The Morgan fingerprint density at radius 3 is 2.88 bits per heavy atom. The van der Waals surface area contributed by atoms with Crippen molar-refractivity contribution in [2.45, 2.75) is 25.8 Å². The van der Waals surface area contributed by atoms with Gasteiger partial charge in [-0.3, -0.25) is 4.79 Å². The molecular formula is C9H19N5O2. The van der Waals surface area contributed by atoms with Crippen LogP contribution in [0.4, 0.5) is 0 Å². The van der Waals surface area contributed by atoms with Crippen molar-refractivity contribution in [2.24, 2.45) is 10.8 Å². The van der Waals surface area contributed by atoms with Crippen LogP contribution in [0.3, 0.4) is 0 Å². The molecule has 0 fully saturated rings. The Morgan fingerprint density at radius 1 is 1.69 bits per heavy atom. The number of hydrogen-bond donors (Lipinski definition) is 2. The predicted octanol–water partition coefficient (Wildman–Crippen LogP) is 0.557. The van der Waals surface area contributed by atoms with Gasteiger partial charge in [-0.1, -0.05) is 5.11 Å². The number of ether oxygens (including phenoxy) is 1. The lowest BCUT2D eigenvalue weighted by molar-refractivity contribution is -0.126. The number of carbonyl (C=O) groups is 1. The molecule has 0 heterocycles. The maximum Gasteiger partial charge on any atom is 0.239 e. The van der Waals surface area contributed by atoms with Crippen LogP contribution in [-0.2, 0) is 9.53 Å². The summed E-state index contributed by atoms with van der Waals surface area (Å²) in [6.07, 6.45) is 0.652. The van der Waals surface area contributed by atoms with Gasteiger partial charge in [0.2, 0.25) is 5.91 Å². The molecule has 0 aromatic carbocycles. The third-order valence-electron chi connectivity index (χ3n) is 2.15. The number of nitrogens with one attached hydrogen (secondary N) is 1. The van der Waals surface area contributed by atoms with Crippen LogP contribution in [0.25, 0.3) is 10.4 Å². The molecule has 16 heavy (non-hydrogen) atoms. The molecule has 1 amide bonds. The molecule has 7 heteroatoms. The molecule has 0 aliphatic rings. The van der Waals surface area contributed by atoms with Crippen LogP contribution in [0.15, 0.2) is 5.11 Å². The number of azide groups is 1. The van der Waals surface area contributed by atoms with Crippen LogP contribution in [0.1, 0.15) is 20.3 Å². The first kappa shape index (κ1) is 14.7. The van der Waals surface area contributed by atoms with Gasteiger partial charge < -0.3 is 15.8 Å². The summed E-state index contributed by atoms with van der Waals surface area (Å²) < 4.78 is 5.19. The zero-order valence-electron chi connectivity index (χ0n) is 9.77. The molecule has 0 aromatic rings. The number of amides is 1. The molecule has 0 bridgehead atoms. The Labute approximate surface area is 95.0 Å². The molecule has 0 rings (SSSR count). The Balaban J connectivity index is 4.02. The van der Waals surface area contributed by atoms with Gasteiger partial charge in [0.1, 0.15) is 5.54 Å². The topological polar surface area (TPSA) is 113 Å². The molecular weight excluding hydrogens is 210 g/mol. The molecule has 1 atom stereocenters. The summed E-state index contributed by atoms with van der Waals surface area (Å²) in [6, 6.07) is 0. The Kier molecular flexibility index (Phi) is 7.28. The average Bonchev–Trinajstić information content (AvgIpc) is 2.26. The monoisotopic (exact) mass is 229 g/mol. The molecule has 3 N–H and O–H groups in total. The highest BCUT2D eigenvalue weighted by molar-refractivity contribution is 5.84. The lowest BCUT2D eigenvalue weighted by Crippen LogP contribution is -2.56. The van der Waals surface area contributed by atoms with Crippen LogP contribution in [0.5, 0.6) is 0 Å². The van der Waals surface area contributed by atoms with E-state index in [0.29, 0.717) is 26.1 Å². The fourth-order valence-corrected chi connectivity index (χ4v) is 1.07. The van der Waals surface area contributed by atoms with Crippen molar-refractivity contribution in [3.8, 4) is 0 Å². The van der Waals surface area contributed by atoms with E-state index in [1.165, 1.54) is 0 Å². The van der Waals surface area contributed by atoms with E-state index in [2.05, 4.69) is 15.3 Å². The van der Waals surface area contributed by atoms with Crippen molar-refractivity contribution in [1.82, 2.24) is 5.32 Å². The minimum Gasteiger partial charge on any atom is -0.379 e. The standard InChI is InChI=1S/C9H19N5O2/c1-3-16-7-9(2,8(10)15)12-5-4-6-13-14-11/h12H,3-7H2,1-2H3,(H2,10,15). The molecule has 0 radical (unpaired) electrons. The minimum atomic E-state index is -0.869. The number of primary amides is 1. The summed E-state index contributed by atoms with van der Waals surface area (Å²) in [6.45, 7) is 5.25. The summed E-state index contributed by atoms with van der Waals surface area (Å²) in [4.78, 5) is 13.9. The Bertz CT molecular complexity index is 265. The van der Waals surface area contributed by atoms with Crippen LogP contribution in [0, 0.1) is 0 Å². The first-order valence-electron chi connectivity index (χ1n) is 5.20. The summed E-state index contributed by atoms with van der Waals surface area (Å²) in [5.41, 5.74) is 12.5. The molecule has 0 aliphatic carbocycles. The number of nitrogens with zero attached hydrogens (tertiary/aromatic N) is 3. The minimum absolute atomic E-state index is 0.236. The number of carbonyl (C=O) groups excluding carboxylic acids is 1. The van der Waals surface area contributed by atoms with Gasteiger partial charge >= 0.3 is 0 Å². The average molecular weight is 229 g/mol. The number of rotatable bonds is 9. The first-order chi connectivity index (χ1) is 7.56. The van der Waals surface area contributed by atoms with Crippen LogP contribution < -0.4 is 11.1 Å². The normalized spacial score (nSPS) is 13.9. The van der Waals surface area contributed by atoms with Crippen molar-refractivity contribution in [1.29, 1.82) is 0 Å². The quantitative estimate of drug-likeness (QED) is 0.260. The highest BCUT2D eigenvalue weighted by atomic mass is 16.5. The van der Waals surface area contributed by atoms with Crippen molar-refractivity contribution in [3.05, 3.63) is 10.4 Å². The van der Waals surface area contributed by atoms with Crippen LogP contribution in [0.2, 0.25) is 0 Å². The van der Waals surface area contributed by atoms with Gasteiger partial charge in [0.25, 0.3) is 0 Å². The van der Waals surface area contributed by atoms with Gasteiger partial charge in [0, 0.05) is 18.1 Å². The predicted molar refractivity (Wildman–Crippen MR) is 60.7 cm³/mol. The molecule has 0 saturated heterocycles. The fourth-order valence-electron chi connectivity index (χ4n) is 1.07. The molecule has 0 aromatic heterocycles. The second-order valence-electron chi connectivity index (χ2n) is 3.57. The number of nitrogens with two attached hydrogens (primary N) is 1. The highest BCUT2D eigenvalue weighted by Gasteiger charge is 2.30. The van der Waals surface area contributed by atoms with Gasteiger partial charge in [-0.05, 0) is 32.3 Å². The van der Waals surface area contributed by atoms with Gasteiger partial charge in [-0.15, -0.1) is 0 Å². The lowest BCUT2D eigenvalue weighted by atomic mass is 10.0. The SMILES string of the molecule is CCOCC(C)(NCCCN=[N+]=[N-])C(N)=O.